The normalized spacial score (nSPS) is 11.1. The van der Waals surface area contributed by atoms with Crippen LogP contribution in [0.2, 0.25) is 0 Å². The molecule has 0 radical (unpaired) electrons. The van der Waals surface area contributed by atoms with Gasteiger partial charge in [0.25, 0.3) is 11.8 Å². The fourth-order valence-electron chi connectivity index (χ4n) is 2.89. The number of esters is 1. The van der Waals surface area contributed by atoms with E-state index in [2.05, 4.69) is 10.6 Å². The van der Waals surface area contributed by atoms with Crippen molar-refractivity contribution in [3.63, 3.8) is 0 Å². The first-order valence-electron chi connectivity index (χ1n) is 10.8. The standard InChI is InChI=1S/C26H26N2O6/c1-3-32-21-15-11-20(12-16-21)28-25(30)18(2)33-24(29)17-27-26(31)19-9-13-23(14-10-19)34-22-7-5-4-6-8-22/h4-16,18H,3,17H2,1-2H3,(H,27,31)(H,28,30). The van der Waals surface area contributed by atoms with Crippen molar-refractivity contribution < 1.29 is 28.6 Å². The first-order chi connectivity index (χ1) is 16.4. The van der Waals surface area contributed by atoms with Crippen molar-refractivity contribution in [1.82, 2.24) is 5.32 Å². The van der Waals surface area contributed by atoms with Crippen molar-refractivity contribution in [2.45, 2.75) is 20.0 Å². The van der Waals surface area contributed by atoms with Crippen LogP contribution < -0.4 is 20.1 Å². The average molecular weight is 463 g/mol. The Morgan fingerprint density at radius 1 is 0.824 bits per heavy atom. The molecule has 3 aromatic rings. The first-order valence-corrected chi connectivity index (χ1v) is 10.8. The quantitative estimate of drug-likeness (QED) is 0.438. The van der Waals surface area contributed by atoms with Gasteiger partial charge in [-0.15, -0.1) is 0 Å². The third-order valence-electron chi connectivity index (χ3n) is 4.60. The van der Waals surface area contributed by atoms with Crippen LogP contribution >= 0.6 is 0 Å². The van der Waals surface area contributed by atoms with Gasteiger partial charge in [0, 0.05) is 11.3 Å². The number of ether oxygens (including phenoxy) is 3. The molecule has 0 bridgehead atoms. The van der Waals surface area contributed by atoms with E-state index in [1.54, 1.807) is 48.5 Å². The van der Waals surface area contributed by atoms with E-state index in [0.717, 1.165) is 0 Å². The number of para-hydroxylation sites is 1. The number of amides is 2. The third kappa shape index (κ3) is 7.37. The Morgan fingerprint density at radius 2 is 1.44 bits per heavy atom. The molecule has 0 fully saturated rings. The topological polar surface area (TPSA) is 103 Å². The Morgan fingerprint density at radius 3 is 2.09 bits per heavy atom. The van der Waals surface area contributed by atoms with E-state index in [1.165, 1.54) is 6.92 Å². The summed E-state index contributed by atoms with van der Waals surface area (Å²) in [6.45, 7) is 3.51. The zero-order valence-corrected chi connectivity index (χ0v) is 18.9. The molecule has 1 unspecified atom stereocenters. The van der Waals surface area contributed by atoms with Crippen molar-refractivity contribution in [3.8, 4) is 17.2 Å². The number of carbonyl (C=O) groups excluding carboxylic acids is 3. The molecule has 0 saturated carbocycles. The number of anilines is 1. The number of hydrogen-bond acceptors (Lipinski definition) is 6. The van der Waals surface area contributed by atoms with Gasteiger partial charge in [-0.1, -0.05) is 18.2 Å². The molecule has 3 rings (SSSR count). The molecule has 34 heavy (non-hydrogen) atoms. The zero-order valence-electron chi connectivity index (χ0n) is 18.9. The number of nitrogens with one attached hydrogen (secondary N) is 2. The maximum Gasteiger partial charge on any atom is 0.326 e. The van der Waals surface area contributed by atoms with Crippen LogP contribution in [0.5, 0.6) is 17.2 Å². The Bertz CT molecular complexity index is 1100. The molecule has 0 aromatic heterocycles. The molecule has 176 valence electrons. The lowest BCUT2D eigenvalue weighted by molar-refractivity contribution is -0.152. The van der Waals surface area contributed by atoms with Crippen LogP contribution in [0.3, 0.4) is 0 Å². The molecule has 8 heteroatoms. The van der Waals surface area contributed by atoms with Crippen molar-refractivity contribution >= 4 is 23.5 Å². The van der Waals surface area contributed by atoms with Crippen LogP contribution in [0, 0.1) is 0 Å². The van der Waals surface area contributed by atoms with Gasteiger partial charge in [-0.2, -0.15) is 0 Å². The number of rotatable bonds is 10. The minimum Gasteiger partial charge on any atom is -0.494 e. The molecule has 0 aliphatic rings. The molecule has 0 heterocycles. The summed E-state index contributed by atoms with van der Waals surface area (Å²) in [6, 6.07) is 22.6. The van der Waals surface area contributed by atoms with Crippen molar-refractivity contribution in [2.24, 2.45) is 0 Å². The third-order valence-corrected chi connectivity index (χ3v) is 4.60. The lowest BCUT2D eigenvalue weighted by Gasteiger charge is -2.14. The summed E-state index contributed by atoms with van der Waals surface area (Å²) in [4.78, 5) is 36.6. The lowest BCUT2D eigenvalue weighted by Crippen LogP contribution is -2.35. The summed E-state index contributed by atoms with van der Waals surface area (Å²) in [5, 5.41) is 5.14. The fourth-order valence-corrected chi connectivity index (χ4v) is 2.89. The van der Waals surface area contributed by atoms with E-state index < -0.39 is 23.9 Å². The molecule has 0 aliphatic heterocycles. The van der Waals surface area contributed by atoms with Crippen LogP contribution in [0.25, 0.3) is 0 Å². The van der Waals surface area contributed by atoms with Gasteiger partial charge in [-0.25, -0.2) is 0 Å². The minimum absolute atomic E-state index is 0.356. The molecule has 2 N–H and O–H groups in total. The van der Waals surface area contributed by atoms with E-state index in [0.29, 0.717) is 35.1 Å². The van der Waals surface area contributed by atoms with E-state index >= 15 is 0 Å². The summed E-state index contributed by atoms with van der Waals surface area (Å²) in [5.41, 5.74) is 0.902. The van der Waals surface area contributed by atoms with Gasteiger partial charge < -0.3 is 24.8 Å². The summed E-state index contributed by atoms with van der Waals surface area (Å²) < 4.78 is 16.1. The SMILES string of the molecule is CCOc1ccc(NC(=O)C(C)OC(=O)CNC(=O)c2ccc(Oc3ccccc3)cc2)cc1. The van der Waals surface area contributed by atoms with E-state index in [-0.39, 0.29) is 6.54 Å². The predicted octanol–water partition coefficient (Wildman–Crippen LogP) is 4.18. The van der Waals surface area contributed by atoms with Crippen LogP contribution in [-0.4, -0.2) is 37.0 Å². The van der Waals surface area contributed by atoms with Crippen LogP contribution in [-0.2, 0) is 14.3 Å². The Balaban J connectivity index is 1.42. The van der Waals surface area contributed by atoms with Crippen LogP contribution in [0.15, 0.2) is 78.9 Å². The van der Waals surface area contributed by atoms with Crippen molar-refractivity contribution in [3.05, 3.63) is 84.4 Å². The molecule has 3 aromatic carbocycles. The summed E-state index contributed by atoms with van der Waals surface area (Å²) in [5.74, 6) is 0.283. The largest absolute Gasteiger partial charge is 0.494 e. The molecule has 0 saturated heterocycles. The monoisotopic (exact) mass is 462 g/mol. The van der Waals surface area contributed by atoms with Gasteiger partial charge in [0.1, 0.15) is 23.8 Å². The van der Waals surface area contributed by atoms with Crippen molar-refractivity contribution in [1.29, 1.82) is 0 Å². The molecule has 0 spiro atoms. The van der Waals surface area contributed by atoms with E-state index in [1.807, 2.05) is 37.3 Å². The fraction of sp³-hybridized carbons (Fsp3) is 0.192. The van der Waals surface area contributed by atoms with E-state index in [9.17, 15) is 14.4 Å². The molecular formula is C26H26N2O6. The number of carbonyl (C=O) groups is 3. The average Bonchev–Trinajstić information content (AvgIpc) is 2.85. The summed E-state index contributed by atoms with van der Waals surface area (Å²) in [6.07, 6.45) is -1.04. The Labute approximate surface area is 197 Å². The highest BCUT2D eigenvalue weighted by Crippen LogP contribution is 2.21. The smallest absolute Gasteiger partial charge is 0.326 e. The van der Waals surface area contributed by atoms with Gasteiger partial charge in [-0.05, 0) is 74.5 Å². The molecular weight excluding hydrogens is 436 g/mol. The molecule has 2 amide bonds. The second-order valence-electron chi connectivity index (χ2n) is 7.20. The highest BCUT2D eigenvalue weighted by Gasteiger charge is 2.18. The van der Waals surface area contributed by atoms with Gasteiger partial charge in [0.05, 0.1) is 6.61 Å². The van der Waals surface area contributed by atoms with Gasteiger partial charge in [-0.3, -0.25) is 14.4 Å². The molecule has 0 aliphatic carbocycles. The van der Waals surface area contributed by atoms with Gasteiger partial charge in [0.2, 0.25) is 0 Å². The van der Waals surface area contributed by atoms with Crippen LogP contribution in [0.4, 0.5) is 5.69 Å². The van der Waals surface area contributed by atoms with Gasteiger partial charge >= 0.3 is 5.97 Å². The first kappa shape index (κ1) is 24.3. The predicted molar refractivity (Wildman–Crippen MR) is 127 cm³/mol. The Kier molecular flexibility index (Phi) is 8.62. The van der Waals surface area contributed by atoms with Crippen LogP contribution in [0.1, 0.15) is 24.2 Å². The summed E-state index contributed by atoms with van der Waals surface area (Å²) in [7, 11) is 0. The summed E-state index contributed by atoms with van der Waals surface area (Å²) >= 11 is 0. The number of benzene rings is 3. The second kappa shape index (κ2) is 12.1. The Hall–Kier alpha value is -4.33. The van der Waals surface area contributed by atoms with Gasteiger partial charge in [0.15, 0.2) is 6.10 Å². The highest BCUT2D eigenvalue weighted by molar-refractivity contribution is 5.97. The molecule has 1 atom stereocenters. The zero-order chi connectivity index (χ0) is 24.3. The maximum absolute atomic E-state index is 12.3. The van der Waals surface area contributed by atoms with Crippen molar-refractivity contribution in [2.75, 3.05) is 18.5 Å². The molecule has 8 nitrogen and oxygen atoms in total. The lowest BCUT2D eigenvalue weighted by atomic mass is 10.2. The minimum atomic E-state index is -1.04. The van der Waals surface area contributed by atoms with E-state index in [4.69, 9.17) is 14.2 Å². The highest BCUT2D eigenvalue weighted by atomic mass is 16.5. The second-order valence-corrected chi connectivity index (χ2v) is 7.20. The number of hydrogen-bond donors (Lipinski definition) is 2. The maximum atomic E-state index is 12.3.